The van der Waals surface area contributed by atoms with E-state index < -0.39 is 0 Å². The first-order valence-electron chi connectivity index (χ1n) is 8.92. The number of para-hydroxylation sites is 1. The summed E-state index contributed by atoms with van der Waals surface area (Å²) in [5, 5.41) is 5.76. The van der Waals surface area contributed by atoms with Crippen LogP contribution in [0.4, 0.5) is 16.5 Å². The van der Waals surface area contributed by atoms with Crippen LogP contribution in [-0.2, 0) is 6.42 Å². The highest BCUT2D eigenvalue weighted by atomic mass is 32.1. The summed E-state index contributed by atoms with van der Waals surface area (Å²) in [4.78, 5) is 19.4. The number of hydrogen-bond donors (Lipinski definition) is 1. The Morgan fingerprint density at radius 3 is 2.96 bits per heavy atom. The fourth-order valence-corrected chi connectivity index (χ4v) is 4.04. The van der Waals surface area contributed by atoms with Crippen LogP contribution >= 0.6 is 11.3 Å². The summed E-state index contributed by atoms with van der Waals surface area (Å²) in [7, 11) is 1.64. The Labute approximate surface area is 162 Å². The Morgan fingerprint density at radius 2 is 2.11 bits per heavy atom. The third-order valence-corrected chi connectivity index (χ3v) is 5.43. The Balaban J connectivity index is 1.57. The van der Waals surface area contributed by atoms with Gasteiger partial charge in [0, 0.05) is 17.6 Å². The summed E-state index contributed by atoms with van der Waals surface area (Å²) in [6, 6.07) is 14.0. The van der Waals surface area contributed by atoms with E-state index in [1.807, 2.05) is 53.6 Å². The van der Waals surface area contributed by atoms with E-state index in [1.54, 1.807) is 7.11 Å². The number of amides is 1. The smallest absolute Gasteiger partial charge is 0.277 e. The number of carbonyl (C=O) groups is 1. The molecule has 138 valence electrons. The summed E-state index contributed by atoms with van der Waals surface area (Å²) in [6.07, 6.45) is 1.98. The van der Waals surface area contributed by atoms with E-state index in [-0.39, 0.29) is 5.91 Å². The first-order valence-corrected chi connectivity index (χ1v) is 9.80. The second-order valence-electron chi connectivity index (χ2n) is 6.56. The van der Waals surface area contributed by atoms with Crippen molar-refractivity contribution < 1.29 is 9.53 Å². The number of aryl methyl sites for hydroxylation is 2. The number of anilines is 3. The number of benzene rings is 2. The average Bonchev–Trinajstić information content (AvgIpc) is 3.16. The maximum atomic E-state index is 13.0. The van der Waals surface area contributed by atoms with Gasteiger partial charge in [-0.05, 0) is 49.1 Å². The molecule has 1 amide bonds. The molecule has 6 heteroatoms. The second kappa shape index (κ2) is 7.40. The van der Waals surface area contributed by atoms with Crippen LogP contribution in [-0.4, -0.2) is 24.5 Å². The van der Waals surface area contributed by atoms with Crippen molar-refractivity contribution in [1.82, 2.24) is 4.98 Å². The van der Waals surface area contributed by atoms with E-state index in [1.165, 1.54) is 16.9 Å². The lowest BCUT2D eigenvalue weighted by molar-refractivity contribution is 0.0981. The fraction of sp³-hybridized carbons (Fsp3) is 0.238. The molecule has 0 spiro atoms. The third-order valence-electron chi connectivity index (χ3n) is 4.68. The Morgan fingerprint density at radius 1 is 1.26 bits per heavy atom. The van der Waals surface area contributed by atoms with Crippen molar-refractivity contribution in [3.8, 4) is 5.75 Å². The number of rotatable bonds is 4. The molecule has 1 N–H and O–H groups in total. The van der Waals surface area contributed by atoms with Gasteiger partial charge in [0.1, 0.15) is 11.4 Å². The summed E-state index contributed by atoms with van der Waals surface area (Å²) >= 11 is 1.42. The number of hydrogen-bond acceptors (Lipinski definition) is 5. The van der Waals surface area contributed by atoms with E-state index in [0.29, 0.717) is 10.8 Å². The van der Waals surface area contributed by atoms with Gasteiger partial charge in [0.2, 0.25) is 0 Å². The van der Waals surface area contributed by atoms with Gasteiger partial charge in [0.05, 0.1) is 12.8 Å². The zero-order valence-electron chi connectivity index (χ0n) is 15.4. The van der Waals surface area contributed by atoms with E-state index in [4.69, 9.17) is 4.74 Å². The number of nitrogens with one attached hydrogen (secondary N) is 1. The maximum Gasteiger partial charge on any atom is 0.277 e. The number of nitrogens with zero attached hydrogens (tertiary/aromatic N) is 2. The normalized spacial score (nSPS) is 13.2. The number of methoxy groups -OCH3 is 1. The highest BCUT2D eigenvalue weighted by Crippen LogP contribution is 2.32. The van der Waals surface area contributed by atoms with Gasteiger partial charge in [-0.2, -0.15) is 0 Å². The lowest BCUT2D eigenvalue weighted by Crippen LogP contribution is -2.35. The predicted molar refractivity (Wildman–Crippen MR) is 110 cm³/mol. The number of thiazole rings is 1. The van der Waals surface area contributed by atoms with E-state index in [9.17, 15) is 4.79 Å². The molecule has 0 saturated carbocycles. The molecule has 0 fully saturated rings. The van der Waals surface area contributed by atoms with Gasteiger partial charge >= 0.3 is 0 Å². The quantitative estimate of drug-likeness (QED) is 0.708. The first kappa shape index (κ1) is 17.5. The van der Waals surface area contributed by atoms with Crippen molar-refractivity contribution in [2.24, 2.45) is 0 Å². The van der Waals surface area contributed by atoms with Crippen LogP contribution in [0.1, 0.15) is 28.0 Å². The number of ether oxygens (including phenoxy) is 1. The first-order chi connectivity index (χ1) is 13.2. The zero-order valence-corrected chi connectivity index (χ0v) is 16.2. The topological polar surface area (TPSA) is 54.5 Å². The van der Waals surface area contributed by atoms with E-state index in [2.05, 4.69) is 16.4 Å². The third kappa shape index (κ3) is 3.53. The summed E-state index contributed by atoms with van der Waals surface area (Å²) < 4.78 is 5.40. The Bertz CT molecular complexity index is 983. The minimum atomic E-state index is -0.0531. The maximum absolute atomic E-state index is 13.0. The Kier molecular flexibility index (Phi) is 4.81. The van der Waals surface area contributed by atoms with Crippen LogP contribution in [0.5, 0.6) is 5.75 Å². The van der Waals surface area contributed by atoms with Gasteiger partial charge in [0.25, 0.3) is 5.91 Å². The predicted octanol–water partition coefficient (Wildman–Crippen LogP) is 4.80. The second-order valence-corrected chi connectivity index (χ2v) is 7.41. The molecule has 1 aliphatic heterocycles. The summed E-state index contributed by atoms with van der Waals surface area (Å²) in [6.45, 7) is 2.75. The SMILES string of the molecule is COc1ccc(C)cc1Nc1nc(C(=O)N2CCCc3ccccc32)cs1. The van der Waals surface area contributed by atoms with Crippen LogP contribution in [0.3, 0.4) is 0 Å². The van der Waals surface area contributed by atoms with Gasteiger partial charge in [-0.15, -0.1) is 11.3 Å². The summed E-state index contributed by atoms with van der Waals surface area (Å²) in [5.74, 6) is 0.691. The van der Waals surface area contributed by atoms with Crippen LogP contribution in [0.25, 0.3) is 0 Å². The Hall–Kier alpha value is -2.86. The van der Waals surface area contributed by atoms with Crippen molar-refractivity contribution in [1.29, 1.82) is 0 Å². The van der Waals surface area contributed by atoms with Gasteiger partial charge < -0.3 is 15.0 Å². The molecule has 4 rings (SSSR count). The largest absolute Gasteiger partial charge is 0.495 e. The molecule has 1 aliphatic rings. The van der Waals surface area contributed by atoms with Crippen molar-refractivity contribution in [2.45, 2.75) is 19.8 Å². The lowest BCUT2D eigenvalue weighted by atomic mass is 10.0. The van der Waals surface area contributed by atoms with Crippen molar-refractivity contribution >= 4 is 33.8 Å². The number of carbonyl (C=O) groups excluding carboxylic acids is 1. The minimum Gasteiger partial charge on any atom is -0.495 e. The van der Waals surface area contributed by atoms with Gasteiger partial charge in [0.15, 0.2) is 5.13 Å². The molecular weight excluding hydrogens is 358 g/mol. The van der Waals surface area contributed by atoms with E-state index in [0.717, 1.165) is 42.1 Å². The highest BCUT2D eigenvalue weighted by molar-refractivity contribution is 7.14. The molecule has 0 bridgehead atoms. The average molecular weight is 379 g/mol. The number of fused-ring (bicyclic) bond motifs is 1. The molecule has 2 aromatic carbocycles. The molecule has 5 nitrogen and oxygen atoms in total. The fourth-order valence-electron chi connectivity index (χ4n) is 3.35. The molecule has 0 radical (unpaired) electrons. The minimum absolute atomic E-state index is 0.0531. The molecule has 2 heterocycles. The van der Waals surface area contributed by atoms with Crippen molar-refractivity contribution in [3.05, 3.63) is 64.7 Å². The lowest BCUT2D eigenvalue weighted by Gasteiger charge is -2.28. The molecule has 0 aliphatic carbocycles. The van der Waals surface area contributed by atoms with Crippen LogP contribution in [0, 0.1) is 6.92 Å². The van der Waals surface area contributed by atoms with E-state index >= 15 is 0 Å². The molecular formula is C21H21N3O2S. The molecule has 0 unspecified atom stereocenters. The monoisotopic (exact) mass is 379 g/mol. The molecule has 0 atom stereocenters. The van der Waals surface area contributed by atoms with Crippen molar-refractivity contribution in [3.63, 3.8) is 0 Å². The highest BCUT2D eigenvalue weighted by Gasteiger charge is 2.25. The van der Waals surface area contributed by atoms with Crippen LogP contribution in [0.15, 0.2) is 47.8 Å². The molecule has 0 saturated heterocycles. The van der Waals surface area contributed by atoms with Crippen molar-refractivity contribution in [2.75, 3.05) is 23.9 Å². The van der Waals surface area contributed by atoms with Gasteiger partial charge in [-0.25, -0.2) is 4.98 Å². The van der Waals surface area contributed by atoms with Crippen LogP contribution < -0.4 is 15.0 Å². The molecule has 1 aromatic heterocycles. The van der Waals surface area contributed by atoms with Gasteiger partial charge in [-0.1, -0.05) is 24.3 Å². The standard InChI is InChI=1S/C21H21N3O2S/c1-14-9-10-19(26-2)16(12-14)22-21-23-17(13-27-21)20(25)24-11-5-7-15-6-3-4-8-18(15)24/h3-4,6,8-10,12-13H,5,7,11H2,1-2H3,(H,22,23). The van der Waals surface area contributed by atoms with Crippen LogP contribution in [0.2, 0.25) is 0 Å². The molecule has 27 heavy (non-hydrogen) atoms. The number of aromatic nitrogens is 1. The van der Waals surface area contributed by atoms with Gasteiger partial charge in [-0.3, -0.25) is 4.79 Å². The zero-order chi connectivity index (χ0) is 18.8. The molecule has 3 aromatic rings. The summed E-state index contributed by atoms with van der Waals surface area (Å²) in [5.41, 5.74) is 4.64.